The lowest BCUT2D eigenvalue weighted by Gasteiger charge is -2.31. The summed E-state index contributed by atoms with van der Waals surface area (Å²) in [6.07, 6.45) is 2.66. The van der Waals surface area contributed by atoms with Crippen LogP contribution in [-0.2, 0) is 35.4 Å². The maximum atomic E-state index is 11.8. The first-order valence-corrected chi connectivity index (χ1v) is 13.2. The van der Waals surface area contributed by atoms with Gasteiger partial charge in [0, 0.05) is 17.8 Å². The van der Waals surface area contributed by atoms with Gasteiger partial charge in [-0.2, -0.15) is 0 Å². The number of rotatable bonds is 10. The summed E-state index contributed by atoms with van der Waals surface area (Å²) in [7, 11) is 0. The third-order valence-electron chi connectivity index (χ3n) is 6.95. The van der Waals surface area contributed by atoms with E-state index in [1.165, 1.54) is 22.5 Å². The van der Waals surface area contributed by atoms with Gasteiger partial charge in [-0.15, -0.1) is 0 Å². The van der Waals surface area contributed by atoms with Crippen molar-refractivity contribution in [2.45, 2.75) is 38.4 Å². The van der Waals surface area contributed by atoms with Crippen molar-refractivity contribution in [3.63, 3.8) is 0 Å². The van der Waals surface area contributed by atoms with Gasteiger partial charge in [0.25, 0.3) is 0 Å². The molecule has 38 heavy (non-hydrogen) atoms. The minimum Gasteiger partial charge on any atom is -0.492 e. The van der Waals surface area contributed by atoms with Crippen LogP contribution in [0.2, 0.25) is 0 Å². The Morgan fingerprint density at radius 3 is 2.00 bits per heavy atom. The number of nitrogens with zero attached hydrogens (tertiary/aromatic N) is 1. The van der Waals surface area contributed by atoms with Crippen molar-refractivity contribution in [3.8, 4) is 5.75 Å². The highest BCUT2D eigenvalue weighted by Gasteiger charge is 2.20. The largest absolute Gasteiger partial charge is 0.492 e. The Labute approximate surface area is 224 Å². The second-order valence-corrected chi connectivity index (χ2v) is 9.58. The molecule has 1 unspecified atom stereocenters. The van der Waals surface area contributed by atoms with E-state index >= 15 is 0 Å². The van der Waals surface area contributed by atoms with E-state index in [4.69, 9.17) is 9.47 Å². The molecule has 0 aromatic heterocycles. The molecule has 0 radical (unpaired) electrons. The van der Waals surface area contributed by atoms with Gasteiger partial charge in [-0.25, -0.2) is 4.79 Å². The van der Waals surface area contributed by atoms with Gasteiger partial charge in [0.2, 0.25) is 0 Å². The number of hydrogen-bond acceptors (Lipinski definition) is 4. The number of hydrogen-bond donors (Lipinski definition) is 1. The van der Waals surface area contributed by atoms with Crippen LogP contribution in [0.4, 0.5) is 11.4 Å². The van der Waals surface area contributed by atoms with Crippen LogP contribution in [0.5, 0.6) is 5.75 Å². The smallest absolute Gasteiger partial charge is 0.333 e. The quantitative estimate of drug-likeness (QED) is 0.262. The third-order valence-corrected chi connectivity index (χ3v) is 6.95. The first-order valence-electron chi connectivity index (χ1n) is 13.2. The molecule has 1 aliphatic heterocycles. The zero-order valence-electron chi connectivity index (χ0n) is 21.5. The van der Waals surface area contributed by atoms with Crippen LogP contribution in [0.3, 0.4) is 0 Å². The number of carboxylic acids is 1. The summed E-state index contributed by atoms with van der Waals surface area (Å²) in [5.74, 6) is -0.200. The Bertz CT molecular complexity index is 1290. The lowest BCUT2D eigenvalue weighted by Crippen LogP contribution is -2.26. The number of aliphatic carboxylic acids is 1. The molecule has 0 amide bonds. The monoisotopic (exact) mass is 507 g/mol. The molecule has 1 heterocycles. The topological polar surface area (TPSA) is 59.0 Å². The van der Waals surface area contributed by atoms with E-state index in [2.05, 4.69) is 53.4 Å². The molecule has 0 aliphatic carbocycles. The maximum absolute atomic E-state index is 11.8. The van der Waals surface area contributed by atoms with Crippen LogP contribution in [-0.4, -0.2) is 30.3 Å². The van der Waals surface area contributed by atoms with E-state index in [-0.39, 0.29) is 6.61 Å². The Morgan fingerprint density at radius 2 is 1.37 bits per heavy atom. The minimum absolute atomic E-state index is 0.266. The van der Waals surface area contributed by atoms with Crippen molar-refractivity contribution >= 4 is 17.3 Å². The summed E-state index contributed by atoms with van der Waals surface area (Å²) >= 11 is 0. The van der Waals surface area contributed by atoms with Crippen molar-refractivity contribution in [1.82, 2.24) is 0 Å². The molecule has 5 nitrogen and oxygen atoms in total. The van der Waals surface area contributed by atoms with Crippen LogP contribution in [0.25, 0.3) is 0 Å². The van der Waals surface area contributed by atoms with Gasteiger partial charge >= 0.3 is 5.97 Å². The summed E-state index contributed by atoms with van der Waals surface area (Å²) in [6.45, 7) is 1.52. The fraction of sp³-hybridized carbons (Fsp3) is 0.242. The summed E-state index contributed by atoms with van der Waals surface area (Å²) in [5, 5.41) is 9.63. The predicted octanol–water partition coefficient (Wildman–Crippen LogP) is 6.60. The minimum atomic E-state index is -0.963. The van der Waals surface area contributed by atoms with E-state index < -0.39 is 12.1 Å². The van der Waals surface area contributed by atoms with E-state index in [1.807, 2.05) is 54.6 Å². The molecule has 1 atom stereocenters. The van der Waals surface area contributed by atoms with Crippen molar-refractivity contribution in [3.05, 3.63) is 125 Å². The van der Waals surface area contributed by atoms with Crippen LogP contribution >= 0.6 is 0 Å². The number of benzene rings is 4. The van der Waals surface area contributed by atoms with Gasteiger partial charge in [-0.05, 0) is 65.8 Å². The first kappa shape index (κ1) is 25.6. The van der Waals surface area contributed by atoms with Gasteiger partial charge < -0.3 is 19.5 Å². The third kappa shape index (κ3) is 6.42. The number of aryl methyl sites for hydroxylation is 2. The summed E-state index contributed by atoms with van der Waals surface area (Å²) in [6, 6.07) is 34.5. The van der Waals surface area contributed by atoms with Gasteiger partial charge in [0.15, 0.2) is 6.10 Å². The molecule has 0 bridgehead atoms. The predicted molar refractivity (Wildman–Crippen MR) is 150 cm³/mol. The molecule has 4 aromatic rings. The number of carbonyl (C=O) groups is 1. The molecule has 0 saturated heterocycles. The Hall–Kier alpha value is -4.09. The van der Waals surface area contributed by atoms with E-state index in [1.54, 1.807) is 0 Å². The highest BCUT2D eigenvalue weighted by molar-refractivity contribution is 5.73. The lowest BCUT2D eigenvalue weighted by molar-refractivity contribution is -0.151. The fourth-order valence-electron chi connectivity index (χ4n) is 4.99. The van der Waals surface area contributed by atoms with Crippen LogP contribution in [0.15, 0.2) is 103 Å². The van der Waals surface area contributed by atoms with Gasteiger partial charge in [0.05, 0.1) is 13.2 Å². The second kappa shape index (κ2) is 12.4. The SMILES string of the molecule is O=C(O)C(Cc1ccc(OCCN2c3ccccc3CCCc3ccccc32)cc1)OCc1ccccc1. The van der Waals surface area contributed by atoms with Crippen molar-refractivity contribution < 1.29 is 19.4 Å². The number of ether oxygens (including phenoxy) is 2. The highest BCUT2D eigenvalue weighted by Crippen LogP contribution is 2.34. The molecule has 5 rings (SSSR count). The number of fused-ring (bicyclic) bond motifs is 2. The van der Waals surface area contributed by atoms with E-state index in [9.17, 15) is 9.90 Å². The Balaban J connectivity index is 1.21. The van der Waals surface area contributed by atoms with Gasteiger partial charge in [0.1, 0.15) is 12.4 Å². The van der Waals surface area contributed by atoms with E-state index in [0.29, 0.717) is 13.0 Å². The van der Waals surface area contributed by atoms with Gasteiger partial charge in [-0.3, -0.25) is 0 Å². The van der Waals surface area contributed by atoms with Crippen LogP contribution in [0, 0.1) is 0 Å². The van der Waals surface area contributed by atoms with Crippen LogP contribution < -0.4 is 9.64 Å². The first-order chi connectivity index (χ1) is 18.7. The van der Waals surface area contributed by atoms with Gasteiger partial charge in [-0.1, -0.05) is 78.9 Å². The zero-order valence-corrected chi connectivity index (χ0v) is 21.5. The molecular formula is C33H33NO4. The Kier molecular flexibility index (Phi) is 8.36. The average molecular weight is 508 g/mol. The van der Waals surface area contributed by atoms with Crippen molar-refractivity contribution in [2.24, 2.45) is 0 Å². The summed E-state index contributed by atoms with van der Waals surface area (Å²) < 4.78 is 11.8. The molecule has 1 N–H and O–H groups in total. The van der Waals surface area contributed by atoms with E-state index in [0.717, 1.165) is 42.7 Å². The molecule has 0 fully saturated rings. The number of anilines is 2. The van der Waals surface area contributed by atoms with Crippen molar-refractivity contribution in [1.29, 1.82) is 0 Å². The summed E-state index contributed by atoms with van der Waals surface area (Å²) in [4.78, 5) is 14.1. The maximum Gasteiger partial charge on any atom is 0.333 e. The fourth-order valence-corrected chi connectivity index (χ4v) is 4.99. The molecule has 194 valence electrons. The normalized spacial score (nSPS) is 13.5. The highest BCUT2D eigenvalue weighted by atomic mass is 16.5. The molecule has 0 saturated carbocycles. The number of carboxylic acid groups (broad SMARTS) is 1. The standard InChI is InChI=1S/C33H33NO4/c35-33(36)32(38-24-26-9-2-1-3-10-26)23-25-17-19-29(20-18-25)37-22-21-34-30-15-6-4-11-27(30)13-8-14-28-12-5-7-16-31(28)34/h1-7,9-12,15-20,32H,8,13-14,21-24H2,(H,35,36). The summed E-state index contributed by atoms with van der Waals surface area (Å²) in [5.41, 5.74) is 7.07. The molecule has 4 aromatic carbocycles. The number of para-hydroxylation sites is 2. The average Bonchev–Trinajstić information content (AvgIpc) is 2.94. The molecular weight excluding hydrogens is 474 g/mol. The molecule has 0 spiro atoms. The van der Waals surface area contributed by atoms with Crippen LogP contribution in [0.1, 0.15) is 28.7 Å². The molecule has 1 aliphatic rings. The van der Waals surface area contributed by atoms with Crippen molar-refractivity contribution in [2.75, 3.05) is 18.1 Å². The lowest BCUT2D eigenvalue weighted by atomic mass is 9.97. The Morgan fingerprint density at radius 1 is 0.763 bits per heavy atom. The molecule has 5 heteroatoms. The zero-order chi connectivity index (χ0) is 26.2. The second-order valence-electron chi connectivity index (χ2n) is 9.58.